The van der Waals surface area contributed by atoms with Gasteiger partial charge >= 0.3 is 0 Å². The van der Waals surface area contributed by atoms with Crippen LogP contribution in [0.2, 0.25) is 0 Å². The van der Waals surface area contributed by atoms with E-state index in [1.807, 2.05) is 30.3 Å². The Kier molecular flexibility index (Phi) is 8.11. The highest BCUT2D eigenvalue weighted by atomic mass is 79.9. The van der Waals surface area contributed by atoms with Crippen LogP contribution in [0.15, 0.2) is 65.1 Å². The van der Waals surface area contributed by atoms with Gasteiger partial charge in [-0.05, 0) is 64.3 Å². The molecule has 3 aromatic rings. The van der Waals surface area contributed by atoms with E-state index in [0.717, 1.165) is 28.8 Å². The van der Waals surface area contributed by atoms with Crippen molar-refractivity contribution in [2.24, 2.45) is 0 Å². The summed E-state index contributed by atoms with van der Waals surface area (Å²) >= 11 is 3.55. The Labute approximate surface area is 185 Å². The molecule has 0 aliphatic heterocycles. The summed E-state index contributed by atoms with van der Waals surface area (Å²) in [5.74, 6) is 1.77. The van der Waals surface area contributed by atoms with E-state index in [2.05, 4.69) is 27.3 Å². The van der Waals surface area contributed by atoms with E-state index in [9.17, 15) is 4.39 Å². The lowest BCUT2D eigenvalue weighted by Gasteiger charge is -2.15. The highest BCUT2D eigenvalue weighted by Crippen LogP contribution is 2.37. The predicted molar refractivity (Wildman–Crippen MR) is 120 cm³/mol. The third kappa shape index (κ3) is 5.74. The Hall–Kier alpha value is -2.57. The van der Waals surface area contributed by atoms with Gasteiger partial charge < -0.3 is 19.5 Å². The van der Waals surface area contributed by atoms with Crippen molar-refractivity contribution in [3.05, 3.63) is 87.6 Å². The van der Waals surface area contributed by atoms with E-state index in [-0.39, 0.29) is 12.4 Å². The molecule has 4 nitrogen and oxygen atoms in total. The molecule has 0 aromatic heterocycles. The Morgan fingerprint density at radius 1 is 0.900 bits per heavy atom. The highest BCUT2D eigenvalue weighted by molar-refractivity contribution is 9.10. The predicted octanol–water partition coefficient (Wildman–Crippen LogP) is 5.52. The second kappa shape index (κ2) is 11.0. The van der Waals surface area contributed by atoms with Crippen LogP contribution in [0.4, 0.5) is 4.39 Å². The molecule has 0 saturated heterocycles. The summed E-state index contributed by atoms with van der Waals surface area (Å²) in [6.45, 7) is 1.61. The molecule has 0 aliphatic carbocycles. The fraction of sp³-hybridized carbons (Fsp3) is 0.250. The van der Waals surface area contributed by atoms with Gasteiger partial charge in [-0.1, -0.05) is 36.4 Å². The first kappa shape index (κ1) is 22.1. The van der Waals surface area contributed by atoms with E-state index in [0.29, 0.717) is 23.6 Å². The van der Waals surface area contributed by atoms with Crippen LogP contribution < -0.4 is 19.5 Å². The van der Waals surface area contributed by atoms with Crippen molar-refractivity contribution >= 4 is 15.9 Å². The van der Waals surface area contributed by atoms with Crippen LogP contribution in [-0.4, -0.2) is 20.8 Å². The minimum atomic E-state index is -0.288. The van der Waals surface area contributed by atoms with Crippen molar-refractivity contribution in [1.82, 2.24) is 5.32 Å². The average Bonchev–Trinajstić information content (AvgIpc) is 2.77. The molecule has 0 heterocycles. The van der Waals surface area contributed by atoms with Crippen LogP contribution >= 0.6 is 15.9 Å². The molecule has 0 fully saturated rings. The lowest BCUT2D eigenvalue weighted by Crippen LogP contribution is -2.17. The number of nitrogens with one attached hydrogen (secondary N) is 1. The molecule has 3 rings (SSSR count). The molecule has 0 unspecified atom stereocenters. The first-order valence-corrected chi connectivity index (χ1v) is 10.5. The number of hydrogen-bond donors (Lipinski definition) is 1. The van der Waals surface area contributed by atoms with Gasteiger partial charge in [0.25, 0.3) is 0 Å². The van der Waals surface area contributed by atoms with E-state index >= 15 is 0 Å². The third-order valence-electron chi connectivity index (χ3n) is 4.71. The van der Waals surface area contributed by atoms with Crippen LogP contribution in [0.3, 0.4) is 0 Å². The largest absolute Gasteiger partial charge is 0.496 e. The maximum absolute atomic E-state index is 13.8. The van der Waals surface area contributed by atoms with Crippen LogP contribution in [-0.2, 0) is 19.6 Å². The highest BCUT2D eigenvalue weighted by Gasteiger charge is 2.13. The molecule has 0 spiro atoms. The quantitative estimate of drug-likeness (QED) is 0.393. The summed E-state index contributed by atoms with van der Waals surface area (Å²) < 4.78 is 31.3. The maximum atomic E-state index is 13.8. The Bertz CT molecular complexity index is 980. The summed E-state index contributed by atoms with van der Waals surface area (Å²) in [7, 11) is 3.28. The SMILES string of the molecule is COc1ccccc1CCNCc1cc(Br)c(OCc2ccccc2F)c(OC)c1. The standard InChI is InChI=1S/C24H25BrFNO3/c1-28-22-10-6-4-7-18(22)11-12-27-15-17-13-20(25)24(23(14-17)29-2)30-16-19-8-3-5-9-21(19)26/h3-10,13-14,27H,11-12,15-16H2,1-2H3. The van der Waals surface area contributed by atoms with Gasteiger partial charge in [0.05, 0.1) is 18.7 Å². The zero-order valence-corrected chi connectivity index (χ0v) is 18.7. The molecule has 1 N–H and O–H groups in total. The fourth-order valence-electron chi connectivity index (χ4n) is 3.15. The van der Waals surface area contributed by atoms with E-state index in [4.69, 9.17) is 14.2 Å². The van der Waals surface area contributed by atoms with E-state index in [1.54, 1.807) is 32.4 Å². The summed E-state index contributed by atoms with van der Waals surface area (Å²) in [5, 5.41) is 3.44. The summed E-state index contributed by atoms with van der Waals surface area (Å²) in [5.41, 5.74) is 2.72. The van der Waals surface area contributed by atoms with Crippen molar-refractivity contribution in [3.8, 4) is 17.2 Å². The van der Waals surface area contributed by atoms with Gasteiger partial charge in [0.1, 0.15) is 18.2 Å². The molecular formula is C24H25BrFNO3. The smallest absolute Gasteiger partial charge is 0.175 e. The van der Waals surface area contributed by atoms with Gasteiger partial charge in [-0.15, -0.1) is 0 Å². The van der Waals surface area contributed by atoms with Crippen molar-refractivity contribution in [1.29, 1.82) is 0 Å². The molecule has 0 saturated carbocycles. The second-order valence-electron chi connectivity index (χ2n) is 6.73. The van der Waals surface area contributed by atoms with Crippen molar-refractivity contribution in [3.63, 3.8) is 0 Å². The number of ether oxygens (including phenoxy) is 3. The van der Waals surface area contributed by atoms with Crippen LogP contribution in [0.1, 0.15) is 16.7 Å². The molecular weight excluding hydrogens is 449 g/mol. The van der Waals surface area contributed by atoms with Gasteiger partial charge in [-0.3, -0.25) is 0 Å². The summed E-state index contributed by atoms with van der Waals surface area (Å²) in [4.78, 5) is 0. The summed E-state index contributed by atoms with van der Waals surface area (Å²) in [6.07, 6.45) is 0.867. The number of benzene rings is 3. The van der Waals surface area contributed by atoms with Gasteiger partial charge in [0.2, 0.25) is 0 Å². The van der Waals surface area contributed by atoms with Crippen LogP contribution in [0.25, 0.3) is 0 Å². The van der Waals surface area contributed by atoms with Crippen molar-refractivity contribution < 1.29 is 18.6 Å². The minimum absolute atomic E-state index is 0.123. The van der Waals surface area contributed by atoms with Gasteiger partial charge in [0, 0.05) is 12.1 Å². The number of para-hydroxylation sites is 1. The Morgan fingerprint density at radius 3 is 2.33 bits per heavy atom. The zero-order chi connectivity index (χ0) is 21.3. The Balaban J connectivity index is 1.60. The molecule has 0 amide bonds. The Morgan fingerprint density at radius 2 is 1.60 bits per heavy atom. The number of halogens is 2. The molecule has 0 radical (unpaired) electrons. The fourth-order valence-corrected chi connectivity index (χ4v) is 3.75. The summed E-state index contributed by atoms with van der Waals surface area (Å²) in [6, 6.07) is 18.5. The number of rotatable bonds is 10. The molecule has 6 heteroatoms. The van der Waals surface area contributed by atoms with Crippen LogP contribution in [0.5, 0.6) is 17.2 Å². The van der Waals surface area contributed by atoms with E-state index < -0.39 is 0 Å². The molecule has 3 aromatic carbocycles. The maximum Gasteiger partial charge on any atom is 0.175 e. The molecule has 0 atom stereocenters. The topological polar surface area (TPSA) is 39.7 Å². The monoisotopic (exact) mass is 473 g/mol. The number of hydrogen-bond acceptors (Lipinski definition) is 4. The lowest BCUT2D eigenvalue weighted by molar-refractivity contribution is 0.277. The average molecular weight is 474 g/mol. The molecule has 0 bridgehead atoms. The lowest BCUT2D eigenvalue weighted by atomic mass is 10.1. The van der Waals surface area contributed by atoms with Gasteiger partial charge in [-0.2, -0.15) is 0 Å². The molecule has 30 heavy (non-hydrogen) atoms. The normalized spacial score (nSPS) is 10.7. The van der Waals surface area contributed by atoms with Gasteiger partial charge in [-0.25, -0.2) is 4.39 Å². The first-order valence-electron chi connectivity index (χ1n) is 9.67. The zero-order valence-electron chi connectivity index (χ0n) is 17.1. The van der Waals surface area contributed by atoms with E-state index in [1.165, 1.54) is 11.6 Å². The second-order valence-corrected chi connectivity index (χ2v) is 7.58. The van der Waals surface area contributed by atoms with Gasteiger partial charge in [0.15, 0.2) is 11.5 Å². The molecule has 158 valence electrons. The van der Waals surface area contributed by atoms with Crippen LogP contribution in [0, 0.1) is 5.82 Å². The van der Waals surface area contributed by atoms with Crippen molar-refractivity contribution in [2.75, 3.05) is 20.8 Å². The minimum Gasteiger partial charge on any atom is -0.496 e. The molecule has 0 aliphatic rings. The first-order chi connectivity index (χ1) is 14.6. The van der Waals surface area contributed by atoms with Crippen molar-refractivity contribution in [2.45, 2.75) is 19.6 Å². The third-order valence-corrected chi connectivity index (χ3v) is 5.30. The number of methoxy groups -OCH3 is 2.